The third-order valence-electron chi connectivity index (χ3n) is 2.98. The monoisotopic (exact) mass is 287 g/mol. The second-order valence-electron chi connectivity index (χ2n) is 4.42. The molecule has 1 aromatic carbocycles. The van der Waals surface area contributed by atoms with Crippen LogP contribution in [0.3, 0.4) is 0 Å². The molecular weight excluding hydrogens is 274 g/mol. The van der Waals surface area contributed by atoms with E-state index in [4.69, 9.17) is 11.6 Å². The van der Waals surface area contributed by atoms with Crippen LogP contribution in [0, 0.1) is 0 Å². The van der Waals surface area contributed by atoms with E-state index in [1.165, 1.54) is 0 Å². The number of nitrogens with zero attached hydrogens (tertiary/aromatic N) is 4. The number of halogens is 1. The second kappa shape index (κ2) is 5.46. The molecule has 0 atom stereocenters. The van der Waals surface area contributed by atoms with Crippen LogP contribution in [0.4, 0.5) is 5.82 Å². The lowest BCUT2D eigenvalue weighted by atomic mass is 10.3. The maximum atomic E-state index is 5.91. The summed E-state index contributed by atoms with van der Waals surface area (Å²) in [6, 6.07) is 7.50. The van der Waals surface area contributed by atoms with Crippen molar-refractivity contribution in [3.8, 4) is 5.69 Å². The van der Waals surface area contributed by atoms with Crippen molar-refractivity contribution in [3.05, 3.63) is 41.8 Å². The third kappa shape index (κ3) is 2.32. The molecule has 2 heterocycles. The van der Waals surface area contributed by atoms with Crippen molar-refractivity contribution in [2.45, 2.75) is 13.3 Å². The molecule has 0 saturated carbocycles. The molecule has 0 radical (unpaired) electrons. The zero-order valence-electron chi connectivity index (χ0n) is 11.0. The van der Waals surface area contributed by atoms with E-state index in [9.17, 15) is 0 Å². The molecule has 0 spiro atoms. The van der Waals surface area contributed by atoms with Crippen molar-refractivity contribution in [1.29, 1.82) is 0 Å². The van der Waals surface area contributed by atoms with Gasteiger partial charge in [0.05, 0.1) is 17.3 Å². The van der Waals surface area contributed by atoms with Gasteiger partial charge in [-0.25, -0.2) is 14.6 Å². The van der Waals surface area contributed by atoms with Crippen LogP contribution in [0.5, 0.6) is 0 Å². The number of rotatable bonds is 4. The number of hydrogen-bond acceptors (Lipinski definition) is 4. The first-order chi connectivity index (χ1) is 9.79. The van der Waals surface area contributed by atoms with Crippen molar-refractivity contribution in [2.24, 2.45) is 0 Å². The topological polar surface area (TPSA) is 55.6 Å². The second-order valence-corrected chi connectivity index (χ2v) is 4.86. The standard InChI is InChI=1S/C14H14ClN5/c1-2-7-16-13-12-8-19-20(14(12)18-9-17-13)11-5-3-10(15)4-6-11/h3-6,8-9H,2,7H2,1H3,(H,16,17,18). The van der Waals surface area contributed by atoms with E-state index in [1.807, 2.05) is 24.3 Å². The van der Waals surface area contributed by atoms with Crippen molar-refractivity contribution in [2.75, 3.05) is 11.9 Å². The van der Waals surface area contributed by atoms with Crippen LogP contribution in [-0.4, -0.2) is 26.3 Å². The zero-order valence-corrected chi connectivity index (χ0v) is 11.8. The fourth-order valence-corrected chi connectivity index (χ4v) is 2.13. The molecule has 0 unspecified atom stereocenters. The first-order valence-corrected chi connectivity index (χ1v) is 6.86. The number of hydrogen-bond donors (Lipinski definition) is 1. The molecule has 0 amide bonds. The van der Waals surface area contributed by atoms with Crippen LogP contribution in [0.15, 0.2) is 36.8 Å². The molecule has 20 heavy (non-hydrogen) atoms. The molecule has 0 fully saturated rings. The van der Waals surface area contributed by atoms with E-state index in [0.717, 1.165) is 35.5 Å². The van der Waals surface area contributed by atoms with Gasteiger partial charge in [0.15, 0.2) is 5.65 Å². The van der Waals surface area contributed by atoms with E-state index in [2.05, 4.69) is 27.3 Å². The summed E-state index contributed by atoms with van der Waals surface area (Å²) in [7, 11) is 0. The lowest BCUT2D eigenvalue weighted by Gasteiger charge is -2.05. The van der Waals surface area contributed by atoms with Gasteiger partial charge in [-0.1, -0.05) is 18.5 Å². The molecule has 1 N–H and O–H groups in total. The Labute approximate surface area is 121 Å². The highest BCUT2D eigenvalue weighted by Crippen LogP contribution is 2.22. The average Bonchev–Trinajstić information content (AvgIpc) is 2.90. The molecule has 6 heteroatoms. The summed E-state index contributed by atoms with van der Waals surface area (Å²) in [5.74, 6) is 0.817. The summed E-state index contributed by atoms with van der Waals surface area (Å²) < 4.78 is 1.78. The van der Waals surface area contributed by atoms with E-state index >= 15 is 0 Å². The molecule has 0 aliphatic rings. The minimum atomic E-state index is 0.699. The van der Waals surface area contributed by atoms with Gasteiger partial charge < -0.3 is 5.32 Å². The Hall–Kier alpha value is -2.14. The van der Waals surface area contributed by atoms with Gasteiger partial charge in [-0.2, -0.15) is 5.10 Å². The van der Waals surface area contributed by atoms with Crippen LogP contribution in [-0.2, 0) is 0 Å². The van der Waals surface area contributed by atoms with Crippen molar-refractivity contribution < 1.29 is 0 Å². The van der Waals surface area contributed by atoms with E-state index < -0.39 is 0 Å². The van der Waals surface area contributed by atoms with Gasteiger partial charge in [0, 0.05) is 11.6 Å². The lowest BCUT2D eigenvalue weighted by molar-refractivity contribution is 0.895. The summed E-state index contributed by atoms with van der Waals surface area (Å²) in [5.41, 5.74) is 1.70. The van der Waals surface area contributed by atoms with Crippen LogP contribution >= 0.6 is 11.6 Å². The maximum Gasteiger partial charge on any atom is 0.168 e. The molecule has 0 saturated heterocycles. The molecule has 0 bridgehead atoms. The van der Waals surface area contributed by atoms with Gasteiger partial charge in [-0.15, -0.1) is 0 Å². The van der Waals surface area contributed by atoms with Gasteiger partial charge in [0.2, 0.25) is 0 Å². The number of anilines is 1. The van der Waals surface area contributed by atoms with Crippen LogP contribution in [0.25, 0.3) is 16.7 Å². The highest BCUT2D eigenvalue weighted by molar-refractivity contribution is 6.30. The number of fused-ring (bicyclic) bond motifs is 1. The van der Waals surface area contributed by atoms with Crippen molar-refractivity contribution in [3.63, 3.8) is 0 Å². The highest BCUT2D eigenvalue weighted by atomic mass is 35.5. The Bertz CT molecular complexity index is 720. The number of benzene rings is 1. The summed E-state index contributed by atoms with van der Waals surface area (Å²) in [5, 5.41) is 9.29. The Kier molecular flexibility index (Phi) is 3.52. The SMILES string of the molecule is CCCNc1ncnc2c1cnn2-c1ccc(Cl)cc1. The quantitative estimate of drug-likeness (QED) is 0.800. The third-order valence-corrected chi connectivity index (χ3v) is 3.23. The first-order valence-electron chi connectivity index (χ1n) is 6.48. The average molecular weight is 288 g/mol. The lowest BCUT2D eigenvalue weighted by Crippen LogP contribution is -2.03. The first kappa shape index (κ1) is 12.9. The Morgan fingerprint density at radius 2 is 2.00 bits per heavy atom. The van der Waals surface area contributed by atoms with Crippen LogP contribution in [0.1, 0.15) is 13.3 Å². The summed E-state index contributed by atoms with van der Waals surface area (Å²) in [6.07, 6.45) is 4.37. The fraction of sp³-hybridized carbons (Fsp3) is 0.214. The number of nitrogens with one attached hydrogen (secondary N) is 1. The summed E-state index contributed by atoms with van der Waals surface area (Å²) in [6.45, 7) is 2.99. The normalized spacial score (nSPS) is 10.9. The van der Waals surface area contributed by atoms with Crippen molar-refractivity contribution in [1.82, 2.24) is 19.7 Å². The zero-order chi connectivity index (χ0) is 13.9. The smallest absolute Gasteiger partial charge is 0.168 e. The highest BCUT2D eigenvalue weighted by Gasteiger charge is 2.10. The van der Waals surface area contributed by atoms with E-state index in [0.29, 0.717) is 5.02 Å². The minimum Gasteiger partial charge on any atom is -0.369 e. The van der Waals surface area contributed by atoms with Gasteiger partial charge in [0.25, 0.3) is 0 Å². The van der Waals surface area contributed by atoms with Gasteiger partial charge in [-0.3, -0.25) is 0 Å². The predicted molar refractivity (Wildman–Crippen MR) is 80.5 cm³/mol. The predicted octanol–water partition coefficient (Wildman–Crippen LogP) is 3.29. The van der Waals surface area contributed by atoms with Gasteiger partial charge in [0.1, 0.15) is 12.1 Å². The van der Waals surface area contributed by atoms with Gasteiger partial charge in [-0.05, 0) is 30.7 Å². The van der Waals surface area contributed by atoms with E-state index in [1.54, 1.807) is 17.2 Å². The molecule has 5 nitrogen and oxygen atoms in total. The van der Waals surface area contributed by atoms with E-state index in [-0.39, 0.29) is 0 Å². The Morgan fingerprint density at radius 1 is 1.20 bits per heavy atom. The summed E-state index contributed by atoms with van der Waals surface area (Å²) in [4.78, 5) is 8.59. The fourth-order valence-electron chi connectivity index (χ4n) is 2.00. The Morgan fingerprint density at radius 3 is 2.75 bits per heavy atom. The Balaban J connectivity index is 2.07. The molecule has 3 rings (SSSR count). The molecule has 0 aliphatic heterocycles. The van der Waals surface area contributed by atoms with Crippen LogP contribution in [0.2, 0.25) is 5.02 Å². The molecule has 3 aromatic rings. The van der Waals surface area contributed by atoms with Gasteiger partial charge >= 0.3 is 0 Å². The molecule has 0 aliphatic carbocycles. The summed E-state index contributed by atoms with van der Waals surface area (Å²) >= 11 is 5.91. The van der Waals surface area contributed by atoms with Crippen LogP contribution < -0.4 is 5.32 Å². The molecule has 102 valence electrons. The largest absolute Gasteiger partial charge is 0.369 e. The molecule has 2 aromatic heterocycles. The molecular formula is C14H14ClN5. The maximum absolute atomic E-state index is 5.91. The minimum absolute atomic E-state index is 0.699. The number of aromatic nitrogens is 4. The van der Waals surface area contributed by atoms with Crippen molar-refractivity contribution >= 4 is 28.5 Å².